The lowest BCUT2D eigenvalue weighted by Gasteiger charge is -2.11. The monoisotopic (exact) mass is 452 g/mol. The lowest BCUT2D eigenvalue weighted by atomic mass is 10.1. The van der Waals surface area contributed by atoms with E-state index in [1.54, 1.807) is 38.5 Å². The molecule has 0 saturated heterocycles. The minimum Gasteiger partial charge on any atom is -0.497 e. The van der Waals surface area contributed by atoms with E-state index in [0.717, 1.165) is 11.1 Å². The highest BCUT2D eigenvalue weighted by atomic mass is 35.5. The smallest absolute Gasteiger partial charge is 0.244 e. The van der Waals surface area contributed by atoms with Crippen molar-refractivity contribution in [2.45, 2.75) is 20.0 Å². The lowest BCUT2D eigenvalue weighted by Crippen LogP contribution is -2.20. The molecule has 3 aromatic carbocycles. The number of rotatable bonds is 9. The fourth-order valence-electron chi connectivity index (χ4n) is 2.93. The van der Waals surface area contributed by atoms with Gasteiger partial charge in [0.1, 0.15) is 12.4 Å². The van der Waals surface area contributed by atoms with Crippen LogP contribution in [0.2, 0.25) is 5.02 Å². The summed E-state index contributed by atoms with van der Waals surface area (Å²) in [5, 5.41) is 4.52. The molecule has 0 heterocycles. The molecule has 3 aromatic rings. The van der Waals surface area contributed by atoms with Crippen LogP contribution in [0.3, 0.4) is 0 Å². The molecule has 0 radical (unpaired) electrons. The zero-order valence-electron chi connectivity index (χ0n) is 18.2. The number of amides is 1. The molecule has 7 heteroatoms. The molecule has 0 aliphatic heterocycles. The van der Waals surface area contributed by atoms with E-state index in [1.165, 1.54) is 11.8 Å². The second-order valence-corrected chi connectivity index (χ2v) is 7.52. The summed E-state index contributed by atoms with van der Waals surface area (Å²) in [6.07, 6.45) is 1.62. The Balaban J connectivity index is 1.58. The van der Waals surface area contributed by atoms with Crippen molar-refractivity contribution in [1.29, 1.82) is 0 Å². The van der Waals surface area contributed by atoms with Crippen LogP contribution < -0.4 is 19.6 Å². The first-order valence-corrected chi connectivity index (χ1v) is 10.4. The SMILES string of the molecule is COc1ccc(Cl)c(CC(=O)N/N=C/c2ccc(OCc3ccc(C)cc3)c(OC)c2)c1. The van der Waals surface area contributed by atoms with Crippen LogP contribution >= 0.6 is 11.6 Å². The molecule has 3 rings (SSSR count). The number of carbonyl (C=O) groups excluding carboxylic acids is 1. The summed E-state index contributed by atoms with van der Waals surface area (Å²) in [6, 6.07) is 18.8. The van der Waals surface area contributed by atoms with Gasteiger partial charge >= 0.3 is 0 Å². The molecule has 0 saturated carbocycles. The van der Waals surface area contributed by atoms with Crippen molar-refractivity contribution in [2.75, 3.05) is 14.2 Å². The zero-order chi connectivity index (χ0) is 22.9. The molecular weight excluding hydrogens is 428 g/mol. The first-order chi connectivity index (χ1) is 15.5. The van der Waals surface area contributed by atoms with Gasteiger partial charge in [-0.2, -0.15) is 5.10 Å². The Hall–Kier alpha value is -3.51. The molecule has 0 fully saturated rings. The molecule has 0 aromatic heterocycles. The van der Waals surface area contributed by atoms with Gasteiger partial charge < -0.3 is 14.2 Å². The number of nitrogens with zero attached hydrogens (tertiary/aromatic N) is 1. The number of benzene rings is 3. The number of hydrogen-bond donors (Lipinski definition) is 1. The summed E-state index contributed by atoms with van der Waals surface area (Å²) in [5.41, 5.74) is 6.20. The number of ether oxygens (including phenoxy) is 3. The van der Waals surface area contributed by atoms with Crippen LogP contribution in [0.4, 0.5) is 0 Å². The lowest BCUT2D eigenvalue weighted by molar-refractivity contribution is -0.120. The summed E-state index contributed by atoms with van der Waals surface area (Å²) in [6.45, 7) is 2.48. The van der Waals surface area contributed by atoms with Gasteiger partial charge in [0.05, 0.1) is 26.9 Å². The predicted molar refractivity (Wildman–Crippen MR) is 126 cm³/mol. The Morgan fingerprint density at radius 3 is 2.50 bits per heavy atom. The Morgan fingerprint density at radius 1 is 1.00 bits per heavy atom. The molecule has 0 unspecified atom stereocenters. The van der Waals surface area contributed by atoms with Gasteiger partial charge in [0.15, 0.2) is 11.5 Å². The average molecular weight is 453 g/mol. The van der Waals surface area contributed by atoms with Crippen LogP contribution in [0.15, 0.2) is 65.8 Å². The summed E-state index contributed by atoms with van der Waals surface area (Å²) in [4.78, 5) is 12.2. The van der Waals surface area contributed by atoms with Crippen molar-refractivity contribution in [1.82, 2.24) is 5.43 Å². The third kappa shape index (κ3) is 6.49. The van der Waals surface area contributed by atoms with E-state index in [9.17, 15) is 4.79 Å². The van der Waals surface area contributed by atoms with Crippen molar-refractivity contribution in [3.63, 3.8) is 0 Å². The molecule has 0 bridgehead atoms. The Morgan fingerprint density at radius 2 is 1.78 bits per heavy atom. The van der Waals surface area contributed by atoms with Crippen molar-refractivity contribution in [3.05, 3.63) is 87.9 Å². The molecule has 166 valence electrons. The van der Waals surface area contributed by atoms with E-state index in [-0.39, 0.29) is 12.3 Å². The zero-order valence-corrected chi connectivity index (χ0v) is 19.0. The molecule has 32 heavy (non-hydrogen) atoms. The van der Waals surface area contributed by atoms with Crippen LogP contribution in [0.25, 0.3) is 0 Å². The summed E-state index contributed by atoms with van der Waals surface area (Å²) in [5.74, 6) is 1.55. The van der Waals surface area contributed by atoms with E-state index in [4.69, 9.17) is 25.8 Å². The van der Waals surface area contributed by atoms with Gasteiger partial charge in [0.25, 0.3) is 0 Å². The number of aryl methyl sites for hydroxylation is 1. The number of methoxy groups -OCH3 is 2. The summed E-state index contributed by atoms with van der Waals surface area (Å²) in [7, 11) is 3.14. The van der Waals surface area contributed by atoms with Crippen LogP contribution in [0.5, 0.6) is 17.2 Å². The second-order valence-electron chi connectivity index (χ2n) is 7.11. The van der Waals surface area contributed by atoms with Gasteiger partial charge in [-0.1, -0.05) is 41.4 Å². The van der Waals surface area contributed by atoms with Gasteiger partial charge in [-0.05, 0) is 60.0 Å². The van der Waals surface area contributed by atoms with Crippen molar-refractivity contribution in [2.24, 2.45) is 5.10 Å². The maximum absolute atomic E-state index is 12.2. The highest BCUT2D eigenvalue weighted by Crippen LogP contribution is 2.28. The Kier molecular flexibility index (Phi) is 8.11. The van der Waals surface area contributed by atoms with Gasteiger partial charge in [0, 0.05) is 5.02 Å². The summed E-state index contributed by atoms with van der Waals surface area (Å²) < 4.78 is 16.5. The number of carbonyl (C=O) groups is 1. The largest absolute Gasteiger partial charge is 0.497 e. The van der Waals surface area contributed by atoms with Crippen LogP contribution in [-0.2, 0) is 17.8 Å². The average Bonchev–Trinajstić information content (AvgIpc) is 2.80. The maximum atomic E-state index is 12.2. The minimum absolute atomic E-state index is 0.0858. The first-order valence-electron chi connectivity index (χ1n) is 9.99. The van der Waals surface area contributed by atoms with E-state index < -0.39 is 0 Å². The first kappa shape index (κ1) is 23.2. The van der Waals surface area contributed by atoms with Gasteiger partial charge in [-0.25, -0.2) is 5.43 Å². The van der Waals surface area contributed by atoms with Crippen molar-refractivity contribution in [3.8, 4) is 17.2 Å². The molecule has 1 amide bonds. The van der Waals surface area contributed by atoms with E-state index in [1.807, 2.05) is 43.3 Å². The quantitative estimate of drug-likeness (QED) is 0.369. The van der Waals surface area contributed by atoms with Gasteiger partial charge in [-0.15, -0.1) is 0 Å². The molecule has 0 spiro atoms. The van der Waals surface area contributed by atoms with Gasteiger partial charge in [-0.3, -0.25) is 4.79 Å². The molecule has 1 N–H and O–H groups in total. The third-order valence-electron chi connectivity index (χ3n) is 4.71. The van der Waals surface area contributed by atoms with Gasteiger partial charge in [0.2, 0.25) is 5.91 Å². The van der Waals surface area contributed by atoms with Crippen LogP contribution in [0.1, 0.15) is 22.3 Å². The van der Waals surface area contributed by atoms with E-state index >= 15 is 0 Å². The number of hydrazone groups is 1. The Labute approximate surface area is 192 Å². The van der Waals surface area contributed by atoms with Crippen LogP contribution in [-0.4, -0.2) is 26.3 Å². The molecule has 0 atom stereocenters. The topological polar surface area (TPSA) is 69.2 Å². The Bertz CT molecular complexity index is 1100. The number of nitrogens with one attached hydrogen (secondary N) is 1. The summed E-state index contributed by atoms with van der Waals surface area (Å²) >= 11 is 6.15. The molecule has 0 aliphatic carbocycles. The molecule has 6 nitrogen and oxygen atoms in total. The number of halogens is 1. The number of hydrogen-bond acceptors (Lipinski definition) is 5. The normalized spacial score (nSPS) is 10.8. The van der Waals surface area contributed by atoms with E-state index in [0.29, 0.717) is 34.4 Å². The van der Waals surface area contributed by atoms with Crippen molar-refractivity contribution >= 4 is 23.7 Å². The molecular formula is C25H25ClN2O4. The van der Waals surface area contributed by atoms with Crippen LogP contribution in [0, 0.1) is 6.92 Å². The third-order valence-corrected chi connectivity index (χ3v) is 5.08. The fraction of sp³-hybridized carbons (Fsp3) is 0.200. The highest BCUT2D eigenvalue weighted by molar-refractivity contribution is 6.31. The standard InChI is InChI=1S/C25H25ClN2O4/c1-17-4-6-18(7-5-17)16-32-23-11-8-19(12-24(23)31-3)15-27-28-25(29)14-20-13-21(30-2)9-10-22(20)26/h4-13,15H,14,16H2,1-3H3,(H,28,29)/b27-15+. The second kappa shape index (κ2) is 11.2. The predicted octanol–water partition coefficient (Wildman–Crippen LogP) is 4.94. The van der Waals surface area contributed by atoms with E-state index in [2.05, 4.69) is 10.5 Å². The highest BCUT2D eigenvalue weighted by Gasteiger charge is 2.09. The fourth-order valence-corrected chi connectivity index (χ4v) is 3.12. The maximum Gasteiger partial charge on any atom is 0.244 e. The minimum atomic E-state index is -0.290. The molecule has 0 aliphatic rings. The van der Waals surface area contributed by atoms with Crippen molar-refractivity contribution < 1.29 is 19.0 Å².